The molecule has 0 fully saturated rings. The van der Waals surface area contributed by atoms with Crippen molar-refractivity contribution >= 4 is 29.6 Å². The van der Waals surface area contributed by atoms with Crippen LogP contribution in [0.3, 0.4) is 0 Å². The van der Waals surface area contributed by atoms with E-state index in [0.717, 1.165) is 11.1 Å². The number of nitrogens with one attached hydrogen (secondary N) is 1. The van der Waals surface area contributed by atoms with E-state index in [-0.39, 0.29) is 24.3 Å². The molecule has 3 aromatic rings. The van der Waals surface area contributed by atoms with Gasteiger partial charge >= 0.3 is 5.97 Å². The van der Waals surface area contributed by atoms with Crippen molar-refractivity contribution in [2.75, 3.05) is 13.7 Å². The Morgan fingerprint density at radius 3 is 2.54 bits per heavy atom. The molecule has 1 heterocycles. The SMILES string of the molecule is COc1cc(/C=C(\C#N)C(=O)NCc2ccco2)ccc1OC(=O)CCCOc1cc(C)c(Cl)c(C)c1. The van der Waals surface area contributed by atoms with E-state index in [1.54, 1.807) is 30.3 Å². The van der Waals surface area contributed by atoms with Crippen LogP contribution in [0.25, 0.3) is 6.08 Å². The molecule has 1 aromatic heterocycles. The van der Waals surface area contributed by atoms with Crippen molar-refractivity contribution in [3.8, 4) is 23.3 Å². The molecular formula is C28H27ClN2O6. The molecule has 0 aliphatic heterocycles. The van der Waals surface area contributed by atoms with Crippen LogP contribution in [-0.4, -0.2) is 25.6 Å². The number of carbonyl (C=O) groups is 2. The molecule has 0 spiro atoms. The molecule has 192 valence electrons. The van der Waals surface area contributed by atoms with E-state index in [1.807, 2.05) is 32.0 Å². The maximum Gasteiger partial charge on any atom is 0.311 e. The standard InChI is InChI=1S/C28H27ClN2O6/c1-18-12-23(13-19(2)27(18)29)36-11-5-7-26(32)37-24-9-8-20(15-25(24)34-3)14-21(16-30)28(33)31-17-22-6-4-10-35-22/h4,6,8-10,12-15H,5,7,11,17H2,1-3H3,(H,31,33)/b21-14+. The maximum atomic E-state index is 12.3. The number of aryl methyl sites for hydroxylation is 2. The lowest BCUT2D eigenvalue weighted by atomic mass is 10.1. The average Bonchev–Trinajstić information content (AvgIpc) is 3.41. The van der Waals surface area contributed by atoms with Crippen LogP contribution in [0.2, 0.25) is 5.02 Å². The number of rotatable bonds is 11. The quantitative estimate of drug-likeness (QED) is 0.116. The summed E-state index contributed by atoms with van der Waals surface area (Å²) in [6.07, 6.45) is 3.52. The van der Waals surface area contributed by atoms with Crippen LogP contribution >= 0.6 is 11.6 Å². The number of benzene rings is 2. The Balaban J connectivity index is 1.54. The zero-order valence-electron chi connectivity index (χ0n) is 20.8. The molecule has 2 aromatic carbocycles. The van der Waals surface area contributed by atoms with Crippen LogP contribution in [0.1, 0.15) is 35.3 Å². The fourth-order valence-corrected chi connectivity index (χ4v) is 3.53. The van der Waals surface area contributed by atoms with Crippen LogP contribution in [0.5, 0.6) is 17.2 Å². The molecule has 1 amide bonds. The fraction of sp³-hybridized carbons (Fsp3) is 0.250. The van der Waals surface area contributed by atoms with Crippen LogP contribution < -0.4 is 19.5 Å². The lowest BCUT2D eigenvalue weighted by Crippen LogP contribution is -2.23. The van der Waals surface area contributed by atoms with Gasteiger partial charge in [0.2, 0.25) is 0 Å². The largest absolute Gasteiger partial charge is 0.494 e. The van der Waals surface area contributed by atoms with Gasteiger partial charge in [-0.2, -0.15) is 5.26 Å². The number of esters is 1. The van der Waals surface area contributed by atoms with Crippen molar-refractivity contribution in [3.63, 3.8) is 0 Å². The highest BCUT2D eigenvalue weighted by Crippen LogP contribution is 2.30. The highest BCUT2D eigenvalue weighted by Gasteiger charge is 2.13. The van der Waals surface area contributed by atoms with E-state index in [4.69, 9.17) is 30.2 Å². The minimum absolute atomic E-state index is 0.0931. The van der Waals surface area contributed by atoms with Gasteiger partial charge < -0.3 is 23.9 Å². The molecule has 0 aliphatic carbocycles. The lowest BCUT2D eigenvalue weighted by molar-refractivity contribution is -0.134. The molecule has 0 bridgehead atoms. The van der Waals surface area contributed by atoms with Gasteiger partial charge in [0.1, 0.15) is 23.2 Å². The average molecular weight is 523 g/mol. The second-order valence-corrected chi connectivity index (χ2v) is 8.52. The molecule has 8 nitrogen and oxygen atoms in total. The van der Waals surface area contributed by atoms with E-state index in [1.165, 1.54) is 19.4 Å². The third-order valence-corrected chi connectivity index (χ3v) is 5.89. The number of nitriles is 1. The van der Waals surface area contributed by atoms with Gasteiger partial charge in [-0.15, -0.1) is 0 Å². The Labute approximate surface area is 220 Å². The van der Waals surface area contributed by atoms with Crippen molar-refractivity contribution < 1.29 is 28.2 Å². The normalized spacial score (nSPS) is 10.9. The van der Waals surface area contributed by atoms with Gasteiger partial charge in [0.05, 0.1) is 26.5 Å². The predicted molar refractivity (Wildman–Crippen MR) is 138 cm³/mol. The third kappa shape index (κ3) is 7.89. The lowest BCUT2D eigenvalue weighted by Gasteiger charge is -2.11. The minimum Gasteiger partial charge on any atom is -0.494 e. The van der Waals surface area contributed by atoms with Crippen molar-refractivity contribution in [2.45, 2.75) is 33.2 Å². The number of nitrogens with zero attached hydrogens (tertiary/aromatic N) is 1. The molecule has 1 N–H and O–H groups in total. The van der Waals surface area contributed by atoms with E-state index in [0.29, 0.717) is 40.9 Å². The van der Waals surface area contributed by atoms with Gasteiger partial charge in [0.25, 0.3) is 5.91 Å². The van der Waals surface area contributed by atoms with Crippen molar-refractivity contribution in [3.05, 3.63) is 81.8 Å². The second-order valence-electron chi connectivity index (χ2n) is 8.14. The van der Waals surface area contributed by atoms with Gasteiger partial charge in [-0.05, 0) is 79.4 Å². The number of amides is 1. The Hall–Kier alpha value is -4.22. The minimum atomic E-state index is -0.542. The van der Waals surface area contributed by atoms with Crippen molar-refractivity contribution in [1.82, 2.24) is 5.32 Å². The highest BCUT2D eigenvalue weighted by molar-refractivity contribution is 6.32. The zero-order chi connectivity index (χ0) is 26.8. The number of carbonyl (C=O) groups excluding carboxylic acids is 2. The first kappa shape index (κ1) is 27.4. The summed E-state index contributed by atoms with van der Waals surface area (Å²) < 4.78 is 21.7. The Morgan fingerprint density at radius 2 is 1.89 bits per heavy atom. The summed E-state index contributed by atoms with van der Waals surface area (Å²) in [5.41, 5.74) is 2.29. The summed E-state index contributed by atoms with van der Waals surface area (Å²) in [5, 5.41) is 12.7. The molecular weight excluding hydrogens is 496 g/mol. The summed E-state index contributed by atoms with van der Waals surface area (Å²) in [4.78, 5) is 24.7. The zero-order valence-corrected chi connectivity index (χ0v) is 21.6. The smallest absolute Gasteiger partial charge is 0.311 e. The van der Waals surface area contributed by atoms with Gasteiger partial charge in [0.15, 0.2) is 11.5 Å². The summed E-state index contributed by atoms with van der Waals surface area (Å²) in [7, 11) is 1.44. The summed E-state index contributed by atoms with van der Waals surface area (Å²) >= 11 is 6.17. The van der Waals surface area contributed by atoms with E-state index < -0.39 is 11.9 Å². The monoisotopic (exact) mass is 522 g/mol. The fourth-order valence-electron chi connectivity index (χ4n) is 3.42. The maximum absolute atomic E-state index is 12.3. The Bertz CT molecular complexity index is 1300. The Kier molecular flexibility index (Phi) is 9.76. The number of methoxy groups -OCH3 is 1. The second kappa shape index (κ2) is 13.2. The molecule has 0 saturated heterocycles. The molecule has 0 radical (unpaired) electrons. The predicted octanol–water partition coefficient (Wildman–Crippen LogP) is 5.55. The first-order chi connectivity index (χ1) is 17.8. The first-order valence-corrected chi connectivity index (χ1v) is 11.9. The number of halogens is 1. The summed E-state index contributed by atoms with van der Waals surface area (Å²) in [5.74, 6) is 0.807. The van der Waals surface area contributed by atoms with Gasteiger partial charge in [-0.3, -0.25) is 9.59 Å². The molecule has 37 heavy (non-hydrogen) atoms. The highest BCUT2D eigenvalue weighted by atomic mass is 35.5. The Morgan fingerprint density at radius 1 is 1.14 bits per heavy atom. The first-order valence-electron chi connectivity index (χ1n) is 11.5. The van der Waals surface area contributed by atoms with Gasteiger partial charge in [-0.25, -0.2) is 0 Å². The molecule has 0 aliphatic rings. The van der Waals surface area contributed by atoms with Gasteiger partial charge in [0, 0.05) is 11.4 Å². The van der Waals surface area contributed by atoms with Crippen LogP contribution in [0.15, 0.2) is 58.7 Å². The third-order valence-electron chi connectivity index (χ3n) is 5.29. The van der Waals surface area contributed by atoms with E-state index in [9.17, 15) is 14.9 Å². The summed E-state index contributed by atoms with van der Waals surface area (Å²) in [6.45, 7) is 4.32. The van der Waals surface area contributed by atoms with Crippen LogP contribution in [0, 0.1) is 25.2 Å². The number of hydrogen-bond acceptors (Lipinski definition) is 7. The topological polar surface area (TPSA) is 111 Å². The van der Waals surface area contributed by atoms with Crippen molar-refractivity contribution in [1.29, 1.82) is 5.26 Å². The molecule has 3 rings (SSSR count). The molecule has 0 saturated carbocycles. The van der Waals surface area contributed by atoms with Crippen LogP contribution in [-0.2, 0) is 16.1 Å². The number of ether oxygens (including phenoxy) is 3. The van der Waals surface area contributed by atoms with Gasteiger partial charge in [-0.1, -0.05) is 17.7 Å². The molecule has 9 heteroatoms. The summed E-state index contributed by atoms with van der Waals surface area (Å²) in [6, 6.07) is 13.8. The van der Waals surface area contributed by atoms with Crippen molar-refractivity contribution in [2.24, 2.45) is 0 Å². The number of furan rings is 1. The van der Waals surface area contributed by atoms with Crippen LogP contribution in [0.4, 0.5) is 0 Å². The van der Waals surface area contributed by atoms with E-state index >= 15 is 0 Å². The van der Waals surface area contributed by atoms with E-state index in [2.05, 4.69) is 5.32 Å². The molecule has 0 unspecified atom stereocenters. The number of hydrogen-bond donors (Lipinski definition) is 1. The molecule has 0 atom stereocenters.